The number of thiol groups is 1. The van der Waals surface area contributed by atoms with Gasteiger partial charge in [0, 0.05) is 19.6 Å². The molecule has 1 saturated heterocycles. The molecule has 19 heavy (non-hydrogen) atoms. The lowest BCUT2D eigenvalue weighted by Gasteiger charge is -2.39. The maximum absolute atomic E-state index is 11.4. The maximum Gasteiger partial charge on any atom is 0.314 e. The third kappa shape index (κ3) is 3.04. The number of nitrogens with two attached hydrogens (primary N) is 1. The van der Waals surface area contributed by atoms with Gasteiger partial charge in [-0.15, -0.1) is 0 Å². The number of piperazine rings is 1. The number of urea groups is 1. The summed E-state index contributed by atoms with van der Waals surface area (Å²) in [5.41, 5.74) is 7.93. The topological polar surface area (TPSA) is 49.6 Å². The summed E-state index contributed by atoms with van der Waals surface area (Å²) < 4.78 is 2.00. The Balaban J connectivity index is 2.31. The number of primary amides is 1. The van der Waals surface area contributed by atoms with Gasteiger partial charge in [0.1, 0.15) is 0 Å². The molecule has 0 bridgehead atoms. The van der Waals surface area contributed by atoms with E-state index in [0.717, 1.165) is 6.54 Å². The SMILES string of the molecule is CC(C)c1ccccc1C1CN(C(N)=O)CCN1S. The molecule has 1 atom stereocenters. The minimum Gasteiger partial charge on any atom is -0.351 e. The predicted octanol–water partition coefficient (Wildman–Crippen LogP) is 2.39. The summed E-state index contributed by atoms with van der Waals surface area (Å²) >= 11 is 4.55. The Bertz CT molecular complexity index is 464. The van der Waals surface area contributed by atoms with Crippen LogP contribution in [0.2, 0.25) is 0 Å². The van der Waals surface area contributed by atoms with Crippen molar-refractivity contribution in [1.29, 1.82) is 0 Å². The van der Waals surface area contributed by atoms with E-state index in [1.807, 2.05) is 10.4 Å². The Morgan fingerprint density at radius 2 is 2.05 bits per heavy atom. The third-order valence-corrected chi connectivity index (χ3v) is 4.12. The zero-order valence-electron chi connectivity index (χ0n) is 11.4. The lowest BCUT2D eigenvalue weighted by atomic mass is 9.92. The summed E-state index contributed by atoms with van der Waals surface area (Å²) in [4.78, 5) is 13.1. The van der Waals surface area contributed by atoms with Gasteiger partial charge in [0.05, 0.1) is 6.04 Å². The molecule has 1 aromatic carbocycles. The third-order valence-electron chi connectivity index (χ3n) is 3.64. The van der Waals surface area contributed by atoms with E-state index < -0.39 is 0 Å². The van der Waals surface area contributed by atoms with E-state index in [1.54, 1.807) is 4.90 Å². The second-order valence-corrected chi connectivity index (χ2v) is 5.76. The Labute approximate surface area is 120 Å². The van der Waals surface area contributed by atoms with Crippen molar-refractivity contribution in [2.24, 2.45) is 5.73 Å². The molecule has 2 N–H and O–H groups in total. The summed E-state index contributed by atoms with van der Waals surface area (Å²) in [7, 11) is 0. The molecule has 5 heteroatoms. The standard InChI is InChI=1S/C14H21N3OS/c1-10(2)11-5-3-4-6-12(11)13-9-16(14(15)18)7-8-17(13)19/h3-6,10,13,19H,7-9H2,1-2H3,(H2,15,18). The molecule has 0 aromatic heterocycles. The molecule has 1 aromatic rings. The molecule has 2 rings (SSSR count). The highest BCUT2D eigenvalue weighted by molar-refractivity contribution is 7.77. The fourth-order valence-electron chi connectivity index (χ4n) is 2.57. The quantitative estimate of drug-likeness (QED) is 0.817. The van der Waals surface area contributed by atoms with Crippen molar-refractivity contribution in [1.82, 2.24) is 9.21 Å². The molecule has 1 heterocycles. The molecular formula is C14H21N3OS. The molecule has 0 saturated carbocycles. The molecule has 0 spiro atoms. The molecule has 1 unspecified atom stereocenters. The molecule has 4 nitrogen and oxygen atoms in total. The zero-order chi connectivity index (χ0) is 14.0. The van der Waals surface area contributed by atoms with Crippen LogP contribution in [0.15, 0.2) is 24.3 Å². The molecule has 0 aliphatic carbocycles. The van der Waals surface area contributed by atoms with Crippen molar-refractivity contribution in [3.63, 3.8) is 0 Å². The van der Waals surface area contributed by atoms with Gasteiger partial charge in [-0.05, 0) is 17.0 Å². The number of hydrogen-bond acceptors (Lipinski definition) is 3. The highest BCUT2D eigenvalue weighted by Crippen LogP contribution is 2.32. The molecule has 1 aliphatic rings. The van der Waals surface area contributed by atoms with Crippen molar-refractivity contribution < 1.29 is 4.79 Å². The highest BCUT2D eigenvalue weighted by atomic mass is 32.1. The van der Waals surface area contributed by atoms with E-state index in [-0.39, 0.29) is 12.1 Å². The normalized spacial score (nSPS) is 20.8. The van der Waals surface area contributed by atoms with Crippen molar-refractivity contribution in [2.45, 2.75) is 25.8 Å². The molecule has 2 amide bonds. The first-order valence-corrected chi connectivity index (χ1v) is 6.99. The van der Waals surface area contributed by atoms with Crippen LogP contribution in [0, 0.1) is 0 Å². The summed E-state index contributed by atoms with van der Waals surface area (Å²) in [5.74, 6) is 0.446. The van der Waals surface area contributed by atoms with Gasteiger partial charge in [0.15, 0.2) is 0 Å². The maximum atomic E-state index is 11.4. The smallest absolute Gasteiger partial charge is 0.314 e. The van der Waals surface area contributed by atoms with E-state index in [1.165, 1.54) is 11.1 Å². The molecule has 0 radical (unpaired) electrons. The molecular weight excluding hydrogens is 258 g/mol. The Morgan fingerprint density at radius 1 is 1.37 bits per heavy atom. The van der Waals surface area contributed by atoms with Gasteiger partial charge in [-0.25, -0.2) is 9.10 Å². The summed E-state index contributed by atoms with van der Waals surface area (Å²) in [5, 5.41) is 0. The Kier molecular flexibility index (Phi) is 4.37. The van der Waals surface area contributed by atoms with Gasteiger partial charge in [-0.1, -0.05) is 50.9 Å². The number of hydrogen-bond donors (Lipinski definition) is 2. The predicted molar refractivity (Wildman–Crippen MR) is 80.1 cm³/mol. The van der Waals surface area contributed by atoms with Crippen molar-refractivity contribution in [2.75, 3.05) is 19.6 Å². The lowest BCUT2D eigenvalue weighted by molar-refractivity contribution is 0.155. The number of carbonyl (C=O) groups excluding carboxylic acids is 1. The Morgan fingerprint density at radius 3 is 2.68 bits per heavy atom. The number of nitrogens with zero attached hydrogens (tertiary/aromatic N) is 2. The van der Waals surface area contributed by atoms with Gasteiger partial charge < -0.3 is 10.6 Å². The molecule has 104 valence electrons. The fraction of sp³-hybridized carbons (Fsp3) is 0.500. The minimum atomic E-state index is -0.353. The van der Waals surface area contributed by atoms with Gasteiger partial charge in [-0.2, -0.15) is 0 Å². The highest BCUT2D eigenvalue weighted by Gasteiger charge is 2.29. The van der Waals surface area contributed by atoms with Crippen molar-refractivity contribution >= 4 is 18.8 Å². The number of amides is 2. The largest absolute Gasteiger partial charge is 0.351 e. The first kappa shape index (κ1) is 14.2. The van der Waals surface area contributed by atoms with Crippen LogP contribution >= 0.6 is 12.8 Å². The summed E-state index contributed by atoms with van der Waals surface area (Å²) in [6, 6.07) is 8.10. The molecule has 1 fully saturated rings. The van der Waals surface area contributed by atoms with E-state index >= 15 is 0 Å². The average Bonchev–Trinajstić information content (AvgIpc) is 2.39. The van der Waals surface area contributed by atoms with Gasteiger partial charge in [-0.3, -0.25) is 0 Å². The summed E-state index contributed by atoms with van der Waals surface area (Å²) in [6.45, 7) is 6.32. The van der Waals surface area contributed by atoms with Crippen molar-refractivity contribution in [3.8, 4) is 0 Å². The number of benzene rings is 1. The van der Waals surface area contributed by atoms with E-state index in [4.69, 9.17) is 5.73 Å². The van der Waals surface area contributed by atoms with Crippen LogP contribution in [0.1, 0.15) is 36.9 Å². The van der Waals surface area contributed by atoms with Crippen LogP contribution < -0.4 is 5.73 Å². The van der Waals surface area contributed by atoms with Gasteiger partial charge in [0.2, 0.25) is 0 Å². The lowest BCUT2D eigenvalue weighted by Crippen LogP contribution is -2.49. The fourth-order valence-corrected chi connectivity index (χ4v) is 2.86. The second kappa shape index (κ2) is 5.84. The van der Waals surface area contributed by atoms with Gasteiger partial charge >= 0.3 is 6.03 Å². The Hall–Kier alpha value is -1.20. The zero-order valence-corrected chi connectivity index (χ0v) is 12.3. The van der Waals surface area contributed by atoms with Crippen molar-refractivity contribution in [3.05, 3.63) is 35.4 Å². The van der Waals surface area contributed by atoms with Crippen LogP contribution in [0.5, 0.6) is 0 Å². The van der Waals surface area contributed by atoms with Crippen LogP contribution in [0.3, 0.4) is 0 Å². The number of carbonyl (C=O) groups is 1. The number of rotatable bonds is 2. The molecule has 1 aliphatic heterocycles. The summed E-state index contributed by atoms with van der Waals surface area (Å²) in [6.07, 6.45) is 0. The monoisotopic (exact) mass is 279 g/mol. The van der Waals surface area contributed by atoms with Crippen LogP contribution in [-0.2, 0) is 0 Å². The second-order valence-electron chi connectivity index (χ2n) is 5.25. The minimum absolute atomic E-state index is 0.100. The van der Waals surface area contributed by atoms with E-state index in [0.29, 0.717) is 19.0 Å². The van der Waals surface area contributed by atoms with E-state index in [2.05, 4.69) is 44.9 Å². The van der Waals surface area contributed by atoms with Crippen LogP contribution in [0.25, 0.3) is 0 Å². The van der Waals surface area contributed by atoms with Gasteiger partial charge in [0.25, 0.3) is 0 Å². The van der Waals surface area contributed by atoms with Crippen LogP contribution in [-0.4, -0.2) is 34.9 Å². The van der Waals surface area contributed by atoms with E-state index in [9.17, 15) is 4.79 Å². The first-order valence-electron chi connectivity index (χ1n) is 6.59. The average molecular weight is 279 g/mol. The van der Waals surface area contributed by atoms with Crippen LogP contribution in [0.4, 0.5) is 4.79 Å². The first-order chi connectivity index (χ1) is 9.00.